The molecule has 1 atom stereocenters. The van der Waals surface area contributed by atoms with Gasteiger partial charge in [-0.25, -0.2) is 9.69 Å². The first-order chi connectivity index (χ1) is 13.4. The van der Waals surface area contributed by atoms with Gasteiger partial charge in [-0.15, -0.1) is 11.8 Å². The third kappa shape index (κ3) is 3.28. The van der Waals surface area contributed by atoms with Gasteiger partial charge in [0, 0.05) is 24.9 Å². The van der Waals surface area contributed by atoms with Crippen LogP contribution in [0.5, 0.6) is 0 Å². The molecule has 3 aliphatic rings. The molecule has 1 aromatic rings. The van der Waals surface area contributed by atoms with Crippen LogP contribution in [-0.4, -0.2) is 70.0 Å². The molecule has 0 aromatic heterocycles. The molecule has 3 fully saturated rings. The summed E-state index contributed by atoms with van der Waals surface area (Å²) >= 11 is 1.72. The number of hydrogen-bond donors (Lipinski definition) is 1. The van der Waals surface area contributed by atoms with Crippen LogP contribution in [0.2, 0.25) is 0 Å². The Bertz CT molecular complexity index is 777. The zero-order chi connectivity index (χ0) is 19.9. The van der Waals surface area contributed by atoms with Gasteiger partial charge >= 0.3 is 6.03 Å². The number of urea groups is 1. The molecule has 4 amide bonds. The Morgan fingerprint density at radius 1 is 1.21 bits per heavy atom. The topological polar surface area (TPSA) is 73.0 Å². The van der Waals surface area contributed by atoms with Crippen LogP contribution < -0.4 is 10.2 Å². The molecule has 3 heterocycles. The molecule has 0 bridgehead atoms. The fourth-order valence-corrected chi connectivity index (χ4v) is 5.91. The molecule has 1 N–H and O–H groups in total. The first kappa shape index (κ1) is 19.3. The number of amides is 4. The number of likely N-dealkylation sites (tertiary alicyclic amines) is 1. The van der Waals surface area contributed by atoms with Crippen LogP contribution in [0.25, 0.3) is 0 Å². The zero-order valence-corrected chi connectivity index (χ0v) is 17.1. The fourth-order valence-electron chi connectivity index (χ4n) is 4.33. The Morgan fingerprint density at radius 3 is 2.54 bits per heavy atom. The Morgan fingerprint density at radius 2 is 1.89 bits per heavy atom. The standard InChI is InChI=1S/C20H26N4O3S/c1-14(2)21-17(25)12-22-10-8-20(9-11-22)24-16(13-28-20)18(26)23(19(24)27)15-6-4-3-5-7-15/h3-7,14,16H,8-13H2,1-2H3,(H,21,25). The van der Waals surface area contributed by atoms with Gasteiger partial charge in [0.25, 0.3) is 5.91 Å². The van der Waals surface area contributed by atoms with Gasteiger partial charge in [-0.3, -0.25) is 19.4 Å². The number of rotatable bonds is 4. The lowest BCUT2D eigenvalue weighted by atomic mass is 10.0. The molecule has 0 radical (unpaired) electrons. The minimum Gasteiger partial charge on any atom is -0.353 e. The Hall–Kier alpha value is -2.06. The normalized spacial score (nSPS) is 24.3. The van der Waals surface area contributed by atoms with E-state index in [0.717, 1.165) is 25.9 Å². The molecule has 7 nitrogen and oxygen atoms in total. The van der Waals surface area contributed by atoms with Crippen LogP contribution in [0.15, 0.2) is 30.3 Å². The number of hydrogen-bond acceptors (Lipinski definition) is 5. The second-order valence-corrected chi connectivity index (χ2v) is 9.32. The summed E-state index contributed by atoms with van der Waals surface area (Å²) in [5, 5.41) is 2.92. The van der Waals surface area contributed by atoms with Crippen molar-refractivity contribution in [1.29, 1.82) is 0 Å². The van der Waals surface area contributed by atoms with Gasteiger partial charge in [-0.2, -0.15) is 0 Å². The number of para-hydroxylation sites is 1. The Labute approximate surface area is 169 Å². The highest BCUT2D eigenvalue weighted by molar-refractivity contribution is 8.01. The van der Waals surface area contributed by atoms with Gasteiger partial charge in [0.1, 0.15) is 6.04 Å². The fraction of sp³-hybridized carbons (Fsp3) is 0.550. The minimum absolute atomic E-state index is 0.0329. The summed E-state index contributed by atoms with van der Waals surface area (Å²) in [6, 6.07) is 8.69. The average molecular weight is 403 g/mol. The lowest BCUT2D eigenvalue weighted by molar-refractivity contribution is -0.123. The number of carbonyl (C=O) groups excluding carboxylic acids is 3. The van der Waals surface area contributed by atoms with Gasteiger partial charge in [0.2, 0.25) is 5.91 Å². The molecule has 8 heteroatoms. The highest BCUT2D eigenvalue weighted by Crippen LogP contribution is 2.50. The van der Waals surface area contributed by atoms with E-state index in [1.54, 1.807) is 23.9 Å². The van der Waals surface area contributed by atoms with E-state index >= 15 is 0 Å². The predicted octanol–water partition coefficient (Wildman–Crippen LogP) is 1.89. The molecular weight excluding hydrogens is 376 g/mol. The van der Waals surface area contributed by atoms with Crippen LogP contribution in [-0.2, 0) is 9.59 Å². The largest absolute Gasteiger partial charge is 0.353 e. The van der Waals surface area contributed by atoms with E-state index < -0.39 is 0 Å². The van der Waals surface area contributed by atoms with Crippen molar-refractivity contribution in [3.8, 4) is 0 Å². The number of piperidine rings is 1. The number of fused-ring (bicyclic) bond motifs is 2. The first-order valence-electron chi connectivity index (χ1n) is 9.79. The van der Waals surface area contributed by atoms with Crippen molar-refractivity contribution in [2.24, 2.45) is 0 Å². The van der Waals surface area contributed by atoms with E-state index in [4.69, 9.17) is 0 Å². The molecule has 0 aliphatic carbocycles. The van der Waals surface area contributed by atoms with Crippen LogP contribution in [0, 0.1) is 0 Å². The van der Waals surface area contributed by atoms with E-state index in [2.05, 4.69) is 10.2 Å². The van der Waals surface area contributed by atoms with Crippen molar-refractivity contribution in [3.05, 3.63) is 30.3 Å². The maximum absolute atomic E-state index is 13.2. The second kappa shape index (κ2) is 7.40. The quantitative estimate of drug-likeness (QED) is 0.779. The average Bonchev–Trinajstić information content (AvgIpc) is 3.14. The number of imide groups is 1. The SMILES string of the molecule is CC(C)NC(=O)CN1CCC2(CC1)SCC1C(=O)N(c3ccccc3)C(=O)N12. The zero-order valence-electron chi connectivity index (χ0n) is 16.3. The molecule has 28 heavy (non-hydrogen) atoms. The van der Waals surface area contributed by atoms with Crippen molar-refractivity contribution in [2.45, 2.75) is 43.6 Å². The molecule has 4 rings (SSSR count). The molecule has 150 valence electrons. The van der Waals surface area contributed by atoms with E-state index in [1.807, 2.05) is 36.9 Å². The summed E-state index contributed by atoms with van der Waals surface area (Å²) in [6.07, 6.45) is 1.54. The highest BCUT2D eigenvalue weighted by Gasteiger charge is 2.60. The Kier molecular flexibility index (Phi) is 5.09. The van der Waals surface area contributed by atoms with Crippen molar-refractivity contribution < 1.29 is 14.4 Å². The molecular formula is C20H26N4O3S. The third-order valence-corrected chi connectivity index (χ3v) is 7.26. The van der Waals surface area contributed by atoms with Crippen LogP contribution in [0.3, 0.4) is 0 Å². The van der Waals surface area contributed by atoms with Gasteiger partial charge in [0.05, 0.1) is 17.1 Å². The second-order valence-electron chi connectivity index (χ2n) is 7.93. The summed E-state index contributed by atoms with van der Waals surface area (Å²) in [5.41, 5.74) is 0.634. The number of thioether (sulfide) groups is 1. The maximum Gasteiger partial charge on any atom is 0.333 e. The highest BCUT2D eigenvalue weighted by atomic mass is 32.2. The number of benzene rings is 1. The molecule has 1 aromatic carbocycles. The van der Waals surface area contributed by atoms with Gasteiger partial charge in [0.15, 0.2) is 0 Å². The monoisotopic (exact) mass is 402 g/mol. The third-order valence-electron chi connectivity index (χ3n) is 5.63. The summed E-state index contributed by atoms with van der Waals surface area (Å²) in [6.45, 7) is 5.77. The van der Waals surface area contributed by atoms with Crippen molar-refractivity contribution in [2.75, 3.05) is 30.3 Å². The van der Waals surface area contributed by atoms with Crippen molar-refractivity contribution in [3.63, 3.8) is 0 Å². The molecule has 0 saturated carbocycles. The number of carbonyl (C=O) groups is 3. The summed E-state index contributed by atoms with van der Waals surface area (Å²) in [5.74, 6) is 0.548. The van der Waals surface area contributed by atoms with Crippen LogP contribution >= 0.6 is 11.8 Å². The lowest BCUT2D eigenvalue weighted by Gasteiger charge is -2.43. The summed E-state index contributed by atoms with van der Waals surface area (Å²) < 4.78 is 0. The number of nitrogens with one attached hydrogen (secondary N) is 1. The van der Waals surface area contributed by atoms with Crippen LogP contribution in [0.1, 0.15) is 26.7 Å². The first-order valence-corrected chi connectivity index (χ1v) is 10.8. The summed E-state index contributed by atoms with van der Waals surface area (Å²) in [7, 11) is 0. The molecule has 3 aliphatic heterocycles. The predicted molar refractivity (Wildman–Crippen MR) is 109 cm³/mol. The minimum atomic E-state index is -0.381. The molecule has 3 saturated heterocycles. The van der Waals surface area contributed by atoms with Gasteiger partial charge in [-0.05, 0) is 38.8 Å². The smallest absolute Gasteiger partial charge is 0.333 e. The van der Waals surface area contributed by atoms with Crippen LogP contribution in [0.4, 0.5) is 10.5 Å². The van der Waals surface area contributed by atoms with Crippen molar-refractivity contribution >= 4 is 35.3 Å². The van der Waals surface area contributed by atoms with Gasteiger partial charge in [-0.1, -0.05) is 18.2 Å². The number of nitrogens with zero attached hydrogens (tertiary/aromatic N) is 3. The van der Waals surface area contributed by atoms with E-state index in [-0.39, 0.29) is 34.8 Å². The van der Waals surface area contributed by atoms with Gasteiger partial charge < -0.3 is 5.32 Å². The molecule has 1 spiro atoms. The Balaban J connectivity index is 1.46. The summed E-state index contributed by atoms with van der Waals surface area (Å²) in [4.78, 5) is 43.1. The molecule has 1 unspecified atom stereocenters. The van der Waals surface area contributed by atoms with E-state index in [1.165, 1.54) is 4.90 Å². The maximum atomic E-state index is 13.2. The van der Waals surface area contributed by atoms with E-state index in [9.17, 15) is 14.4 Å². The van der Waals surface area contributed by atoms with E-state index in [0.29, 0.717) is 18.0 Å². The van der Waals surface area contributed by atoms with Crippen molar-refractivity contribution in [1.82, 2.24) is 15.1 Å². The lowest BCUT2D eigenvalue weighted by Crippen LogP contribution is -2.54. The number of anilines is 1.